The lowest BCUT2D eigenvalue weighted by atomic mass is 9.93. The number of hydrogen-bond donors (Lipinski definition) is 0. The van der Waals surface area contributed by atoms with Crippen molar-refractivity contribution in [3.8, 4) is 11.1 Å². The summed E-state index contributed by atoms with van der Waals surface area (Å²) < 4.78 is 12.3. The molecular formula is C25H17Cl2NO3. The topological polar surface area (TPSA) is 48.4 Å². The van der Waals surface area contributed by atoms with E-state index in [0.717, 1.165) is 33.9 Å². The highest BCUT2D eigenvalue weighted by atomic mass is 35.5. The Bertz CT molecular complexity index is 1280. The van der Waals surface area contributed by atoms with Gasteiger partial charge in [-0.2, -0.15) is 0 Å². The van der Waals surface area contributed by atoms with Crippen LogP contribution >= 0.6 is 23.2 Å². The Balaban J connectivity index is 1.74. The molecule has 0 amide bonds. The first-order valence-electron chi connectivity index (χ1n) is 9.79. The van der Waals surface area contributed by atoms with Crippen molar-refractivity contribution >= 4 is 40.4 Å². The van der Waals surface area contributed by atoms with Crippen molar-refractivity contribution in [3.05, 3.63) is 99.7 Å². The molecule has 5 rings (SSSR count). The normalized spacial score (nSPS) is 15.3. The molecule has 154 valence electrons. The fraction of sp³-hybridized carbons (Fsp3) is 0.120. The van der Waals surface area contributed by atoms with Gasteiger partial charge >= 0.3 is 0 Å². The van der Waals surface area contributed by atoms with E-state index in [0.29, 0.717) is 34.5 Å². The highest BCUT2D eigenvalue weighted by Crippen LogP contribution is 2.41. The molecule has 0 atom stereocenters. The van der Waals surface area contributed by atoms with Crippen molar-refractivity contribution < 1.29 is 14.3 Å². The van der Waals surface area contributed by atoms with Crippen LogP contribution in [-0.2, 0) is 15.3 Å². The number of benzene rings is 3. The van der Waals surface area contributed by atoms with Gasteiger partial charge in [-0.1, -0.05) is 53.5 Å². The lowest BCUT2D eigenvalue weighted by molar-refractivity contribution is -0.129. The van der Waals surface area contributed by atoms with E-state index in [2.05, 4.69) is 4.98 Å². The Morgan fingerprint density at radius 1 is 0.839 bits per heavy atom. The number of fused-ring (bicyclic) bond motifs is 1. The summed E-state index contributed by atoms with van der Waals surface area (Å²) in [6, 6.07) is 22.6. The molecule has 2 heterocycles. The molecule has 1 aliphatic rings. The van der Waals surface area contributed by atoms with Crippen molar-refractivity contribution in [2.24, 2.45) is 0 Å². The molecule has 31 heavy (non-hydrogen) atoms. The number of carbonyl (C=O) groups excluding carboxylic acids is 1. The third-order valence-corrected chi connectivity index (χ3v) is 5.87. The number of ether oxygens (including phenoxy) is 2. The van der Waals surface area contributed by atoms with Crippen LogP contribution in [0.1, 0.15) is 21.6 Å². The minimum absolute atomic E-state index is 0.357. The third kappa shape index (κ3) is 3.62. The summed E-state index contributed by atoms with van der Waals surface area (Å²) in [5.74, 6) is -1.03. The molecule has 6 heteroatoms. The number of aldehydes is 1. The molecule has 4 aromatic rings. The van der Waals surface area contributed by atoms with E-state index >= 15 is 0 Å². The second kappa shape index (κ2) is 8.06. The quantitative estimate of drug-likeness (QED) is 0.344. The fourth-order valence-electron chi connectivity index (χ4n) is 3.99. The highest BCUT2D eigenvalue weighted by Gasteiger charge is 2.40. The molecule has 1 fully saturated rings. The van der Waals surface area contributed by atoms with Crippen LogP contribution in [0.4, 0.5) is 0 Å². The van der Waals surface area contributed by atoms with Crippen molar-refractivity contribution in [1.82, 2.24) is 4.98 Å². The molecular weight excluding hydrogens is 433 g/mol. The minimum atomic E-state index is -1.03. The summed E-state index contributed by atoms with van der Waals surface area (Å²) in [6.45, 7) is 0.953. The van der Waals surface area contributed by atoms with Gasteiger partial charge in [0.15, 0.2) is 6.29 Å². The van der Waals surface area contributed by atoms with Crippen molar-refractivity contribution in [2.75, 3.05) is 13.2 Å². The maximum Gasteiger partial charge on any atom is 0.222 e. The van der Waals surface area contributed by atoms with Gasteiger partial charge in [0, 0.05) is 26.6 Å². The average Bonchev–Trinajstić information content (AvgIpc) is 3.29. The number of pyridine rings is 1. The molecule has 0 spiro atoms. The van der Waals surface area contributed by atoms with E-state index in [4.69, 9.17) is 32.7 Å². The van der Waals surface area contributed by atoms with E-state index < -0.39 is 5.79 Å². The predicted octanol–water partition coefficient (Wildman–Crippen LogP) is 6.27. The Morgan fingerprint density at radius 3 is 2.29 bits per heavy atom. The van der Waals surface area contributed by atoms with Crippen LogP contribution in [0.25, 0.3) is 22.0 Å². The summed E-state index contributed by atoms with van der Waals surface area (Å²) >= 11 is 12.3. The second-order valence-corrected chi connectivity index (χ2v) is 8.15. The second-order valence-electron chi connectivity index (χ2n) is 7.28. The maximum absolute atomic E-state index is 11.5. The number of rotatable bonds is 4. The number of halogens is 2. The van der Waals surface area contributed by atoms with Gasteiger partial charge in [-0.05, 0) is 53.6 Å². The maximum atomic E-state index is 11.5. The van der Waals surface area contributed by atoms with E-state index in [1.54, 1.807) is 6.07 Å². The molecule has 0 radical (unpaired) electrons. The van der Waals surface area contributed by atoms with Crippen molar-refractivity contribution in [2.45, 2.75) is 5.79 Å². The van der Waals surface area contributed by atoms with E-state index in [9.17, 15) is 4.79 Å². The van der Waals surface area contributed by atoms with Gasteiger partial charge < -0.3 is 9.47 Å². The van der Waals surface area contributed by atoms with Gasteiger partial charge in [0.1, 0.15) is 5.69 Å². The largest absolute Gasteiger partial charge is 0.340 e. The summed E-state index contributed by atoms with van der Waals surface area (Å²) in [5.41, 5.74) is 4.51. The van der Waals surface area contributed by atoms with Crippen LogP contribution in [0.2, 0.25) is 10.0 Å². The van der Waals surface area contributed by atoms with Crippen molar-refractivity contribution in [1.29, 1.82) is 0 Å². The summed E-state index contributed by atoms with van der Waals surface area (Å²) in [7, 11) is 0. The summed E-state index contributed by atoms with van der Waals surface area (Å²) in [6.07, 6.45) is 0.750. The molecule has 0 N–H and O–H groups in total. The molecule has 1 saturated heterocycles. The fourth-order valence-corrected chi connectivity index (χ4v) is 4.30. The third-order valence-electron chi connectivity index (χ3n) is 5.38. The number of carbonyl (C=O) groups is 1. The number of nitrogens with zero attached hydrogens (tertiary/aromatic N) is 1. The molecule has 3 aromatic carbocycles. The van der Waals surface area contributed by atoms with Gasteiger partial charge in [-0.3, -0.25) is 4.79 Å². The van der Waals surface area contributed by atoms with Crippen LogP contribution in [0, 0.1) is 0 Å². The number of hydrogen-bond acceptors (Lipinski definition) is 4. The lowest BCUT2D eigenvalue weighted by Crippen LogP contribution is -2.28. The minimum Gasteiger partial charge on any atom is -0.340 e. The molecule has 0 unspecified atom stereocenters. The van der Waals surface area contributed by atoms with Crippen LogP contribution < -0.4 is 0 Å². The van der Waals surface area contributed by atoms with Crippen LogP contribution in [0.5, 0.6) is 0 Å². The highest BCUT2D eigenvalue weighted by molar-refractivity contribution is 6.31. The van der Waals surface area contributed by atoms with E-state index in [1.807, 2.05) is 66.7 Å². The van der Waals surface area contributed by atoms with Crippen LogP contribution in [0.15, 0.2) is 72.8 Å². The monoisotopic (exact) mass is 449 g/mol. The first-order valence-corrected chi connectivity index (χ1v) is 10.5. The standard InChI is InChI=1S/C25H17Cl2NO3/c26-19-7-4-17(5-8-19)25(30-10-11-31-25)18-6-9-24-23(13-18)22(14-21(15-29)28-24)16-2-1-3-20(27)12-16/h1-9,12-15H,10-11H2. The SMILES string of the molecule is O=Cc1cc(-c2cccc(Cl)c2)c2cc(C3(c4ccc(Cl)cc4)OCCO3)ccc2n1. The van der Waals surface area contributed by atoms with Gasteiger partial charge in [0.05, 0.1) is 18.7 Å². The first kappa shape index (κ1) is 20.2. The Hall–Kier alpha value is -2.76. The van der Waals surface area contributed by atoms with Crippen molar-refractivity contribution in [3.63, 3.8) is 0 Å². The van der Waals surface area contributed by atoms with Gasteiger partial charge in [0.2, 0.25) is 5.79 Å². The smallest absolute Gasteiger partial charge is 0.222 e. The first-order chi connectivity index (χ1) is 15.1. The van der Waals surface area contributed by atoms with Crippen LogP contribution in [-0.4, -0.2) is 24.5 Å². The zero-order valence-electron chi connectivity index (χ0n) is 16.3. The predicted molar refractivity (Wildman–Crippen MR) is 122 cm³/mol. The summed E-state index contributed by atoms with van der Waals surface area (Å²) in [4.78, 5) is 16.0. The van der Waals surface area contributed by atoms with E-state index in [-0.39, 0.29) is 0 Å². The Labute approximate surface area is 189 Å². The molecule has 0 bridgehead atoms. The van der Waals surface area contributed by atoms with Gasteiger partial charge in [-0.15, -0.1) is 0 Å². The Kier molecular flexibility index (Phi) is 5.24. The zero-order chi connectivity index (χ0) is 21.4. The Morgan fingerprint density at radius 2 is 1.58 bits per heavy atom. The molecule has 0 aliphatic carbocycles. The van der Waals surface area contributed by atoms with Gasteiger partial charge in [-0.25, -0.2) is 4.98 Å². The molecule has 1 aliphatic heterocycles. The zero-order valence-corrected chi connectivity index (χ0v) is 17.9. The molecule has 0 saturated carbocycles. The lowest BCUT2D eigenvalue weighted by Gasteiger charge is -2.29. The molecule has 4 nitrogen and oxygen atoms in total. The van der Waals surface area contributed by atoms with E-state index in [1.165, 1.54) is 0 Å². The van der Waals surface area contributed by atoms with Crippen LogP contribution in [0.3, 0.4) is 0 Å². The average molecular weight is 450 g/mol. The number of aromatic nitrogens is 1. The summed E-state index contributed by atoms with van der Waals surface area (Å²) in [5, 5.41) is 2.13. The molecule has 1 aromatic heterocycles. The van der Waals surface area contributed by atoms with Gasteiger partial charge in [0.25, 0.3) is 0 Å².